The van der Waals surface area contributed by atoms with Crippen LogP contribution in [0.1, 0.15) is 24.6 Å². The van der Waals surface area contributed by atoms with Gasteiger partial charge in [-0.1, -0.05) is 0 Å². The Morgan fingerprint density at radius 1 is 1.11 bits per heavy atom. The molecule has 2 heterocycles. The monoisotopic (exact) mass is 388 g/mol. The molecule has 7 heteroatoms. The van der Waals surface area contributed by atoms with E-state index in [-0.39, 0.29) is 11.8 Å². The number of aromatic hydroxyl groups is 1. The maximum Gasteiger partial charge on any atom is 0.255 e. The van der Waals surface area contributed by atoms with Crippen LogP contribution in [0, 0.1) is 17.8 Å². The van der Waals surface area contributed by atoms with Gasteiger partial charge in [-0.25, -0.2) is 4.98 Å². The molecule has 6 nitrogen and oxygen atoms in total. The summed E-state index contributed by atoms with van der Waals surface area (Å²) in [5.41, 5.74) is 0.244. The molecule has 0 spiro atoms. The minimum absolute atomic E-state index is 0.211. The van der Waals surface area contributed by atoms with Crippen molar-refractivity contribution in [3.05, 3.63) is 48.0 Å². The van der Waals surface area contributed by atoms with Gasteiger partial charge < -0.3 is 19.7 Å². The summed E-state index contributed by atoms with van der Waals surface area (Å²) in [6.45, 7) is 2.20. The number of aliphatic hydroxyl groups excluding tert-OH is 1. The molecule has 1 aliphatic heterocycles. The number of nitrogens with zero attached hydrogens (tertiary/aromatic N) is 2. The minimum Gasteiger partial charge on any atom is -0.504 e. The van der Waals surface area contributed by atoms with Crippen molar-refractivity contribution in [1.29, 1.82) is 0 Å². The standard InChI is InChI=1S/C21H25FN2O4/c1-27-15-2-4-16(5-3-15)28-17-8-13-10-24(11-14(13)9-17)12-20(26)18-6-7-19(25)21(22)23-18/h2-7,13-14,17,20,25-26H,8-12H2,1H3/t13-,14+,17?,20-/m0/s1. The number of β-amino-alcohol motifs (C(OH)–C–C–N with tert-alkyl or cyclic N) is 1. The molecule has 1 aromatic carbocycles. The van der Waals surface area contributed by atoms with Crippen molar-refractivity contribution in [3.63, 3.8) is 0 Å². The number of halogens is 1. The summed E-state index contributed by atoms with van der Waals surface area (Å²) in [5.74, 6) is 1.30. The SMILES string of the molecule is COc1ccc(OC2C[C@@H]3CN(C[C@H](O)c4ccc(O)c(F)n4)C[C@@H]3C2)cc1. The maximum absolute atomic E-state index is 13.4. The molecule has 2 aliphatic rings. The van der Waals surface area contributed by atoms with Gasteiger partial charge in [0.15, 0.2) is 5.75 Å². The van der Waals surface area contributed by atoms with Crippen LogP contribution >= 0.6 is 0 Å². The number of likely N-dealkylation sites (tertiary alicyclic amines) is 1. The molecule has 4 atom stereocenters. The minimum atomic E-state index is -0.951. The molecule has 2 fully saturated rings. The van der Waals surface area contributed by atoms with E-state index in [4.69, 9.17) is 9.47 Å². The average Bonchev–Trinajstić information content (AvgIpc) is 3.22. The number of aromatic nitrogens is 1. The van der Waals surface area contributed by atoms with Gasteiger partial charge in [0.2, 0.25) is 0 Å². The number of hydrogen-bond donors (Lipinski definition) is 2. The zero-order valence-electron chi connectivity index (χ0n) is 15.8. The molecule has 28 heavy (non-hydrogen) atoms. The van der Waals surface area contributed by atoms with E-state index < -0.39 is 17.8 Å². The second kappa shape index (κ2) is 7.93. The van der Waals surface area contributed by atoms with E-state index in [2.05, 4.69) is 9.88 Å². The van der Waals surface area contributed by atoms with Crippen molar-refractivity contribution < 1.29 is 24.1 Å². The van der Waals surface area contributed by atoms with Gasteiger partial charge in [0, 0.05) is 19.6 Å². The van der Waals surface area contributed by atoms with E-state index in [0.29, 0.717) is 18.4 Å². The van der Waals surface area contributed by atoms with Gasteiger partial charge in [0.1, 0.15) is 17.6 Å². The van der Waals surface area contributed by atoms with Crippen LogP contribution in [0.15, 0.2) is 36.4 Å². The van der Waals surface area contributed by atoms with Crippen molar-refractivity contribution in [1.82, 2.24) is 9.88 Å². The van der Waals surface area contributed by atoms with Gasteiger partial charge in [-0.3, -0.25) is 4.90 Å². The third kappa shape index (κ3) is 4.05. The molecule has 0 radical (unpaired) electrons. The Hall–Kier alpha value is -2.38. The number of benzene rings is 1. The number of ether oxygens (including phenoxy) is 2. The smallest absolute Gasteiger partial charge is 0.255 e. The largest absolute Gasteiger partial charge is 0.504 e. The molecule has 1 saturated heterocycles. The van der Waals surface area contributed by atoms with Gasteiger partial charge in [0.25, 0.3) is 5.95 Å². The van der Waals surface area contributed by atoms with Crippen molar-refractivity contribution in [2.45, 2.75) is 25.0 Å². The summed E-state index contributed by atoms with van der Waals surface area (Å²) < 4.78 is 24.7. The summed E-state index contributed by atoms with van der Waals surface area (Å²) in [7, 11) is 1.64. The van der Waals surface area contributed by atoms with Gasteiger partial charge in [0.05, 0.1) is 18.9 Å². The number of pyridine rings is 1. The van der Waals surface area contributed by atoms with Gasteiger partial charge in [-0.05, 0) is 61.1 Å². The van der Waals surface area contributed by atoms with Crippen molar-refractivity contribution >= 4 is 0 Å². The Morgan fingerprint density at radius 2 is 1.75 bits per heavy atom. The fourth-order valence-electron chi connectivity index (χ4n) is 4.40. The highest BCUT2D eigenvalue weighted by Crippen LogP contribution is 2.40. The van der Waals surface area contributed by atoms with E-state index in [1.54, 1.807) is 7.11 Å². The Morgan fingerprint density at radius 3 is 2.36 bits per heavy atom. The summed E-state index contributed by atoms with van der Waals surface area (Å²) >= 11 is 0. The predicted octanol–water partition coefficient (Wildman–Crippen LogP) is 2.76. The number of rotatable bonds is 6. The van der Waals surface area contributed by atoms with Gasteiger partial charge >= 0.3 is 0 Å². The van der Waals surface area contributed by atoms with Crippen LogP contribution < -0.4 is 9.47 Å². The van der Waals surface area contributed by atoms with Crippen LogP contribution in [-0.2, 0) is 0 Å². The second-order valence-electron chi connectivity index (χ2n) is 7.69. The third-order valence-corrected chi connectivity index (χ3v) is 5.77. The van der Waals surface area contributed by atoms with Crippen molar-refractivity contribution in [2.24, 2.45) is 11.8 Å². The number of fused-ring (bicyclic) bond motifs is 1. The van der Waals surface area contributed by atoms with Crippen molar-refractivity contribution in [2.75, 3.05) is 26.7 Å². The molecule has 150 valence electrons. The quantitative estimate of drug-likeness (QED) is 0.742. The highest BCUT2D eigenvalue weighted by atomic mass is 19.1. The van der Waals surface area contributed by atoms with Crippen LogP contribution in [0.2, 0.25) is 0 Å². The molecule has 2 aromatic rings. The fourth-order valence-corrected chi connectivity index (χ4v) is 4.40. The summed E-state index contributed by atoms with van der Waals surface area (Å²) in [6, 6.07) is 10.3. The highest BCUT2D eigenvalue weighted by molar-refractivity contribution is 5.31. The molecule has 1 aliphatic carbocycles. The molecule has 0 bridgehead atoms. The van der Waals surface area contributed by atoms with E-state index in [9.17, 15) is 14.6 Å². The first kappa shape index (κ1) is 19.0. The molecule has 1 saturated carbocycles. The predicted molar refractivity (Wildman–Crippen MR) is 101 cm³/mol. The summed E-state index contributed by atoms with van der Waals surface area (Å²) in [5, 5.41) is 19.6. The molecule has 4 rings (SSSR count). The Labute approximate surface area is 163 Å². The molecule has 1 aromatic heterocycles. The lowest BCUT2D eigenvalue weighted by molar-refractivity contribution is 0.112. The van der Waals surface area contributed by atoms with Gasteiger partial charge in [-0.15, -0.1) is 0 Å². The first-order chi connectivity index (χ1) is 13.5. The summed E-state index contributed by atoms with van der Waals surface area (Å²) in [4.78, 5) is 5.84. The van der Waals surface area contributed by atoms with E-state index in [0.717, 1.165) is 37.4 Å². The lowest BCUT2D eigenvalue weighted by Gasteiger charge is -2.22. The first-order valence-electron chi connectivity index (χ1n) is 9.58. The van der Waals surface area contributed by atoms with Crippen molar-refractivity contribution in [3.8, 4) is 17.2 Å². The fraction of sp³-hybridized carbons (Fsp3) is 0.476. The molecule has 1 unspecified atom stereocenters. The normalized spacial score (nSPS) is 25.5. The Balaban J connectivity index is 1.28. The second-order valence-corrected chi connectivity index (χ2v) is 7.69. The molecule has 0 amide bonds. The zero-order valence-corrected chi connectivity index (χ0v) is 15.8. The van der Waals surface area contributed by atoms with Gasteiger partial charge in [-0.2, -0.15) is 4.39 Å². The van der Waals surface area contributed by atoms with Crippen LogP contribution in [0.5, 0.6) is 17.2 Å². The summed E-state index contributed by atoms with van der Waals surface area (Å²) in [6.07, 6.45) is 1.33. The number of methoxy groups -OCH3 is 1. The van der Waals surface area contributed by atoms with Crippen LogP contribution in [-0.4, -0.2) is 52.9 Å². The Bertz CT molecular complexity index is 803. The first-order valence-corrected chi connectivity index (χ1v) is 9.58. The third-order valence-electron chi connectivity index (χ3n) is 5.77. The molecular formula is C21H25FN2O4. The Kier molecular flexibility index (Phi) is 5.37. The van der Waals surface area contributed by atoms with Crippen LogP contribution in [0.25, 0.3) is 0 Å². The van der Waals surface area contributed by atoms with E-state index in [1.807, 2.05) is 24.3 Å². The highest BCUT2D eigenvalue weighted by Gasteiger charge is 2.42. The molecule has 2 N–H and O–H groups in total. The average molecular weight is 388 g/mol. The number of aliphatic hydroxyl groups is 1. The maximum atomic E-state index is 13.4. The zero-order chi connectivity index (χ0) is 19.7. The van der Waals surface area contributed by atoms with E-state index >= 15 is 0 Å². The van der Waals surface area contributed by atoms with Crippen LogP contribution in [0.3, 0.4) is 0 Å². The topological polar surface area (TPSA) is 75.1 Å². The van der Waals surface area contributed by atoms with Crippen LogP contribution in [0.4, 0.5) is 4.39 Å². The molecular weight excluding hydrogens is 363 g/mol. The van der Waals surface area contributed by atoms with E-state index in [1.165, 1.54) is 12.1 Å². The lowest BCUT2D eigenvalue weighted by atomic mass is 10.0. The lowest BCUT2D eigenvalue weighted by Crippen LogP contribution is -2.29. The number of hydrogen-bond acceptors (Lipinski definition) is 6.